The molecular weight excluding hydrogens is 444 g/mol. The maximum absolute atomic E-state index is 14.1. The van der Waals surface area contributed by atoms with Crippen molar-refractivity contribution in [1.29, 1.82) is 0 Å². The molecular formula is C15H13FIN5O3. The molecule has 0 amide bonds. The number of halogens is 2. The Bertz CT molecular complexity index is 1050. The van der Waals surface area contributed by atoms with Gasteiger partial charge in [-0.25, -0.2) is 9.37 Å². The number of anilines is 2. The average Bonchev–Trinajstić information content (AvgIpc) is 2.56. The average molecular weight is 457 g/mol. The molecule has 0 radical (unpaired) electrons. The number of fused-ring (bicyclic) bond motifs is 1. The summed E-state index contributed by atoms with van der Waals surface area (Å²) in [4.78, 5) is 36.1. The van der Waals surface area contributed by atoms with E-state index < -0.39 is 16.9 Å². The molecule has 0 saturated heterocycles. The molecule has 0 spiro atoms. The molecule has 25 heavy (non-hydrogen) atoms. The number of nitrogens with zero attached hydrogens (tertiary/aromatic N) is 2. The van der Waals surface area contributed by atoms with Crippen LogP contribution in [0.1, 0.15) is 0 Å². The minimum Gasteiger partial charge on any atom is -0.408 e. The summed E-state index contributed by atoms with van der Waals surface area (Å²) in [6.45, 7) is 0.333. The fraction of sp³-hybridized carbons (Fsp3) is 0.133. The van der Waals surface area contributed by atoms with Gasteiger partial charge in [-0.05, 0) is 40.8 Å². The number of hydrogen-bond donors (Lipinski definition) is 3. The third-order valence-electron chi connectivity index (χ3n) is 3.28. The second-order valence-corrected chi connectivity index (χ2v) is 6.26. The van der Waals surface area contributed by atoms with Crippen LogP contribution in [-0.2, 0) is 0 Å². The van der Waals surface area contributed by atoms with Gasteiger partial charge in [-0.1, -0.05) is 0 Å². The third kappa shape index (κ3) is 3.64. The zero-order valence-electron chi connectivity index (χ0n) is 12.8. The van der Waals surface area contributed by atoms with Crippen LogP contribution in [0.25, 0.3) is 11.0 Å². The minimum atomic E-state index is -0.553. The van der Waals surface area contributed by atoms with Gasteiger partial charge in [-0.3, -0.25) is 9.59 Å². The molecule has 10 heteroatoms. The summed E-state index contributed by atoms with van der Waals surface area (Å²) in [6.07, 6.45) is 1.14. The van der Waals surface area contributed by atoms with Crippen molar-refractivity contribution in [2.24, 2.45) is 5.73 Å². The number of aromatic nitrogens is 3. The lowest BCUT2D eigenvalue weighted by molar-refractivity contribution is 0.107. The first kappa shape index (κ1) is 17.4. The van der Waals surface area contributed by atoms with E-state index in [0.717, 1.165) is 20.7 Å². The van der Waals surface area contributed by atoms with Crippen LogP contribution in [-0.4, -0.2) is 27.9 Å². The molecule has 0 aliphatic heterocycles. The summed E-state index contributed by atoms with van der Waals surface area (Å²) in [5.41, 5.74) is 4.65. The van der Waals surface area contributed by atoms with Crippen LogP contribution >= 0.6 is 22.6 Å². The fourth-order valence-corrected chi connectivity index (χ4v) is 2.66. The maximum Gasteiger partial charge on any atom is 0.297 e. The van der Waals surface area contributed by atoms with Crippen molar-refractivity contribution in [3.63, 3.8) is 0 Å². The molecule has 0 aliphatic carbocycles. The van der Waals surface area contributed by atoms with Crippen LogP contribution in [0.15, 0.2) is 40.2 Å². The van der Waals surface area contributed by atoms with Gasteiger partial charge in [0.15, 0.2) is 0 Å². The summed E-state index contributed by atoms with van der Waals surface area (Å²) < 4.78 is 15.7. The number of nitrogens with one attached hydrogen (secondary N) is 2. The van der Waals surface area contributed by atoms with Gasteiger partial charge in [-0.2, -0.15) is 0 Å². The van der Waals surface area contributed by atoms with Gasteiger partial charge >= 0.3 is 0 Å². The SMILES string of the molecule is NCCOn1cnc2[nH]c(=O)cc(Nc3ccc(I)cc3F)c2c1=O. The van der Waals surface area contributed by atoms with Crippen LogP contribution in [0.4, 0.5) is 15.8 Å². The Balaban J connectivity index is 2.15. The van der Waals surface area contributed by atoms with E-state index >= 15 is 0 Å². The highest BCUT2D eigenvalue weighted by Gasteiger charge is 2.13. The highest BCUT2D eigenvalue weighted by Crippen LogP contribution is 2.23. The minimum absolute atomic E-state index is 0.0667. The number of nitrogens with two attached hydrogens (primary N) is 1. The first-order valence-corrected chi connectivity index (χ1v) is 8.27. The van der Waals surface area contributed by atoms with E-state index in [0.29, 0.717) is 0 Å². The first-order valence-electron chi connectivity index (χ1n) is 7.19. The van der Waals surface area contributed by atoms with Gasteiger partial charge in [-0.15, -0.1) is 4.73 Å². The quantitative estimate of drug-likeness (QED) is 0.492. The predicted molar refractivity (Wildman–Crippen MR) is 99.5 cm³/mol. The van der Waals surface area contributed by atoms with Gasteiger partial charge in [0.1, 0.15) is 29.8 Å². The van der Waals surface area contributed by atoms with Crippen LogP contribution in [0.3, 0.4) is 0 Å². The number of rotatable bonds is 5. The number of H-pyrrole nitrogens is 1. The number of aromatic amines is 1. The molecule has 0 unspecified atom stereocenters. The molecule has 3 rings (SSSR count). The van der Waals surface area contributed by atoms with Crippen molar-refractivity contribution in [3.05, 3.63) is 60.7 Å². The Morgan fingerprint density at radius 1 is 1.32 bits per heavy atom. The largest absolute Gasteiger partial charge is 0.408 e. The Hall–Kier alpha value is -2.47. The zero-order valence-corrected chi connectivity index (χ0v) is 14.9. The van der Waals surface area contributed by atoms with Crippen LogP contribution < -0.4 is 27.0 Å². The molecule has 1 aromatic carbocycles. The maximum atomic E-state index is 14.1. The second kappa shape index (κ2) is 7.19. The number of pyridine rings is 1. The molecule has 0 atom stereocenters. The van der Waals surface area contributed by atoms with Crippen molar-refractivity contribution in [2.45, 2.75) is 0 Å². The Morgan fingerprint density at radius 3 is 2.84 bits per heavy atom. The monoisotopic (exact) mass is 457 g/mol. The van der Waals surface area contributed by atoms with Crippen molar-refractivity contribution in [1.82, 2.24) is 14.7 Å². The van der Waals surface area contributed by atoms with Gasteiger partial charge in [0.25, 0.3) is 11.1 Å². The van der Waals surface area contributed by atoms with Gasteiger partial charge in [0.2, 0.25) is 0 Å². The lowest BCUT2D eigenvalue weighted by Crippen LogP contribution is -2.31. The summed E-state index contributed by atoms with van der Waals surface area (Å²) >= 11 is 1.98. The molecule has 3 aromatic rings. The topological polar surface area (TPSA) is 115 Å². The van der Waals surface area contributed by atoms with E-state index in [-0.39, 0.29) is 35.6 Å². The Labute approximate surface area is 153 Å². The standard InChI is InChI=1S/C15H13FIN5O3/c16-9-5-8(17)1-2-10(9)20-11-6-12(23)21-14-13(11)15(24)22(7-19-14)25-4-3-18/h1-2,5-7H,3-4,18H2,(H2,20,21,23). The highest BCUT2D eigenvalue weighted by atomic mass is 127. The molecule has 2 aromatic heterocycles. The van der Waals surface area contributed by atoms with E-state index in [2.05, 4.69) is 15.3 Å². The van der Waals surface area contributed by atoms with Crippen molar-refractivity contribution in [3.8, 4) is 0 Å². The summed E-state index contributed by atoms with van der Waals surface area (Å²) in [5, 5.41) is 2.84. The molecule has 0 bridgehead atoms. The highest BCUT2D eigenvalue weighted by molar-refractivity contribution is 14.1. The number of benzene rings is 1. The second-order valence-electron chi connectivity index (χ2n) is 5.02. The van der Waals surface area contributed by atoms with Crippen LogP contribution in [0, 0.1) is 9.39 Å². The summed E-state index contributed by atoms with van der Waals surface area (Å²) in [6, 6.07) is 5.71. The summed E-state index contributed by atoms with van der Waals surface area (Å²) in [7, 11) is 0. The predicted octanol–water partition coefficient (Wildman–Crippen LogP) is 0.959. The fourth-order valence-electron chi connectivity index (χ4n) is 2.21. The molecule has 0 saturated carbocycles. The Kier molecular flexibility index (Phi) is 4.99. The lowest BCUT2D eigenvalue weighted by atomic mass is 10.2. The molecule has 130 valence electrons. The smallest absolute Gasteiger partial charge is 0.297 e. The summed E-state index contributed by atoms with van der Waals surface area (Å²) in [5.74, 6) is -0.510. The first-order chi connectivity index (χ1) is 12.0. The van der Waals surface area contributed by atoms with E-state index in [9.17, 15) is 14.0 Å². The molecule has 0 fully saturated rings. The normalized spacial score (nSPS) is 10.8. The molecule has 2 heterocycles. The van der Waals surface area contributed by atoms with Gasteiger partial charge < -0.3 is 20.9 Å². The molecule has 0 aliphatic rings. The zero-order chi connectivity index (χ0) is 18.0. The van der Waals surface area contributed by atoms with E-state index in [1.165, 1.54) is 12.1 Å². The van der Waals surface area contributed by atoms with E-state index in [1.807, 2.05) is 22.6 Å². The van der Waals surface area contributed by atoms with Gasteiger partial charge in [0, 0.05) is 16.2 Å². The van der Waals surface area contributed by atoms with Gasteiger partial charge in [0.05, 0.1) is 11.4 Å². The number of hydrogen-bond acceptors (Lipinski definition) is 6. The van der Waals surface area contributed by atoms with E-state index in [4.69, 9.17) is 10.6 Å². The van der Waals surface area contributed by atoms with Crippen LogP contribution in [0.5, 0.6) is 0 Å². The third-order valence-corrected chi connectivity index (χ3v) is 3.95. The van der Waals surface area contributed by atoms with Crippen LogP contribution in [0.2, 0.25) is 0 Å². The van der Waals surface area contributed by atoms with Crippen molar-refractivity contribution >= 4 is 45.0 Å². The van der Waals surface area contributed by atoms with Crippen molar-refractivity contribution in [2.75, 3.05) is 18.5 Å². The molecule has 4 N–H and O–H groups in total. The Morgan fingerprint density at radius 2 is 2.12 bits per heavy atom. The molecule has 8 nitrogen and oxygen atoms in total. The lowest BCUT2D eigenvalue weighted by Gasteiger charge is -2.12. The van der Waals surface area contributed by atoms with Crippen molar-refractivity contribution < 1.29 is 9.23 Å². The van der Waals surface area contributed by atoms with E-state index in [1.54, 1.807) is 6.07 Å².